The van der Waals surface area contributed by atoms with Crippen LogP contribution in [0.15, 0.2) is 65.4 Å². The predicted octanol–water partition coefficient (Wildman–Crippen LogP) is 3.56. The quantitative estimate of drug-likeness (QED) is 0.582. The standard InChI is InChI=1S/C26H25F3N4O3/c27-26(28,29)18-6-7-21-17(14-18)15-20(24(34)31-10-8-19-4-1-2-9-30-19)22-16-32(11-12-33(21)22)25(35)23-5-3-13-36-23/h1-7,9,13-14,20,22H,8,10-12,15-16H2,(H,31,34). The summed E-state index contributed by atoms with van der Waals surface area (Å²) in [6.07, 6.45) is -0.681. The molecular formula is C26H25F3N4O3. The van der Waals surface area contributed by atoms with Crippen LogP contribution in [0.25, 0.3) is 0 Å². The van der Waals surface area contributed by atoms with Crippen LogP contribution in [-0.4, -0.2) is 53.9 Å². The summed E-state index contributed by atoms with van der Waals surface area (Å²) in [5.74, 6) is -0.939. The maximum absolute atomic E-state index is 13.4. The molecular weight excluding hydrogens is 473 g/mol. The average molecular weight is 499 g/mol. The Hall–Kier alpha value is -3.82. The summed E-state index contributed by atoms with van der Waals surface area (Å²) < 4.78 is 45.5. The minimum absolute atomic E-state index is 0.151. The predicted molar refractivity (Wildman–Crippen MR) is 125 cm³/mol. The lowest BCUT2D eigenvalue weighted by Crippen LogP contribution is -2.62. The molecule has 188 valence electrons. The van der Waals surface area contributed by atoms with Gasteiger partial charge in [-0.1, -0.05) is 6.07 Å². The molecule has 1 N–H and O–H groups in total. The molecule has 0 spiro atoms. The fourth-order valence-electron chi connectivity index (χ4n) is 5.03. The van der Waals surface area contributed by atoms with Gasteiger partial charge in [0.15, 0.2) is 5.76 Å². The first kappa shape index (κ1) is 23.9. The number of fused-ring (bicyclic) bond motifs is 3. The average Bonchev–Trinajstić information content (AvgIpc) is 3.42. The molecule has 36 heavy (non-hydrogen) atoms. The van der Waals surface area contributed by atoms with Crippen LogP contribution in [0.2, 0.25) is 0 Å². The van der Waals surface area contributed by atoms with E-state index in [-0.39, 0.29) is 36.6 Å². The highest BCUT2D eigenvalue weighted by Gasteiger charge is 2.43. The number of amides is 2. The van der Waals surface area contributed by atoms with E-state index in [1.54, 1.807) is 23.2 Å². The number of nitrogens with zero attached hydrogens (tertiary/aromatic N) is 3. The lowest BCUT2D eigenvalue weighted by molar-refractivity contribution is -0.137. The zero-order valence-electron chi connectivity index (χ0n) is 19.4. The third-order valence-electron chi connectivity index (χ3n) is 6.80. The van der Waals surface area contributed by atoms with Crippen LogP contribution in [0.4, 0.5) is 18.9 Å². The Kier molecular flexibility index (Phi) is 6.42. The van der Waals surface area contributed by atoms with Crippen LogP contribution in [0.3, 0.4) is 0 Å². The van der Waals surface area contributed by atoms with E-state index in [0.717, 1.165) is 17.8 Å². The molecule has 1 saturated heterocycles. The Bertz CT molecular complexity index is 1230. The molecule has 2 atom stereocenters. The fraction of sp³-hybridized carbons (Fsp3) is 0.346. The van der Waals surface area contributed by atoms with Crippen LogP contribution >= 0.6 is 0 Å². The minimum Gasteiger partial charge on any atom is -0.459 e. The number of hydrogen-bond donors (Lipinski definition) is 1. The monoisotopic (exact) mass is 498 g/mol. The molecule has 0 aliphatic carbocycles. The largest absolute Gasteiger partial charge is 0.459 e. The maximum atomic E-state index is 13.4. The Morgan fingerprint density at radius 1 is 1.11 bits per heavy atom. The van der Waals surface area contributed by atoms with Gasteiger partial charge in [0.05, 0.1) is 23.8 Å². The number of halogens is 3. The van der Waals surface area contributed by atoms with Crippen molar-refractivity contribution < 1.29 is 27.2 Å². The molecule has 2 aliphatic rings. The molecule has 2 unspecified atom stereocenters. The molecule has 10 heteroatoms. The number of furan rings is 1. The van der Waals surface area contributed by atoms with E-state index in [1.807, 2.05) is 23.1 Å². The molecule has 1 fully saturated rings. The van der Waals surface area contributed by atoms with Gasteiger partial charge in [0.25, 0.3) is 5.91 Å². The van der Waals surface area contributed by atoms with Gasteiger partial charge in [-0.15, -0.1) is 0 Å². The number of pyridine rings is 1. The lowest BCUT2D eigenvalue weighted by Gasteiger charge is -2.49. The van der Waals surface area contributed by atoms with Gasteiger partial charge in [0.1, 0.15) is 0 Å². The molecule has 2 aromatic heterocycles. The first-order chi connectivity index (χ1) is 17.3. The summed E-state index contributed by atoms with van der Waals surface area (Å²) in [6, 6.07) is 12.1. The van der Waals surface area contributed by atoms with E-state index in [9.17, 15) is 22.8 Å². The van der Waals surface area contributed by atoms with Gasteiger partial charge >= 0.3 is 6.18 Å². The number of hydrogen-bond acceptors (Lipinski definition) is 5. The van der Waals surface area contributed by atoms with E-state index in [0.29, 0.717) is 37.3 Å². The number of nitrogens with one attached hydrogen (secondary N) is 1. The molecule has 1 aromatic carbocycles. The van der Waals surface area contributed by atoms with Crippen molar-refractivity contribution in [2.45, 2.75) is 25.1 Å². The molecule has 3 aromatic rings. The maximum Gasteiger partial charge on any atom is 0.416 e. The Morgan fingerprint density at radius 3 is 2.69 bits per heavy atom. The van der Waals surface area contributed by atoms with Gasteiger partial charge in [-0.2, -0.15) is 13.2 Å². The number of benzene rings is 1. The second kappa shape index (κ2) is 9.67. The van der Waals surface area contributed by atoms with Crippen LogP contribution in [0.1, 0.15) is 27.4 Å². The van der Waals surface area contributed by atoms with Gasteiger partial charge in [0, 0.05) is 50.2 Å². The van der Waals surface area contributed by atoms with Crippen molar-refractivity contribution in [1.29, 1.82) is 0 Å². The first-order valence-corrected chi connectivity index (χ1v) is 11.8. The topological polar surface area (TPSA) is 78.7 Å². The third kappa shape index (κ3) is 4.80. The van der Waals surface area contributed by atoms with Gasteiger partial charge in [0.2, 0.25) is 5.91 Å². The summed E-state index contributed by atoms with van der Waals surface area (Å²) in [5.41, 5.74) is 1.25. The summed E-state index contributed by atoms with van der Waals surface area (Å²) in [6.45, 7) is 1.37. The van der Waals surface area contributed by atoms with Crippen LogP contribution < -0.4 is 10.2 Å². The van der Waals surface area contributed by atoms with Crippen molar-refractivity contribution in [2.75, 3.05) is 31.1 Å². The molecule has 0 radical (unpaired) electrons. The Labute approximate surface area is 205 Å². The summed E-state index contributed by atoms with van der Waals surface area (Å²) >= 11 is 0. The number of alkyl halides is 3. The van der Waals surface area contributed by atoms with Gasteiger partial charge in [-0.25, -0.2) is 0 Å². The smallest absolute Gasteiger partial charge is 0.416 e. The molecule has 7 nitrogen and oxygen atoms in total. The van der Waals surface area contributed by atoms with Crippen molar-refractivity contribution in [3.63, 3.8) is 0 Å². The van der Waals surface area contributed by atoms with Gasteiger partial charge in [-0.05, 0) is 54.4 Å². The number of aromatic nitrogens is 1. The van der Waals surface area contributed by atoms with Crippen molar-refractivity contribution in [2.24, 2.45) is 5.92 Å². The minimum atomic E-state index is -4.47. The van der Waals surface area contributed by atoms with Gasteiger partial charge < -0.3 is 19.5 Å². The molecule has 0 saturated carbocycles. The van der Waals surface area contributed by atoms with Crippen LogP contribution in [0.5, 0.6) is 0 Å². The molecule has 0 bridgehead atoms. The zero-order chi connectivity index (χ0) is 25.3. The molecule has 4 heterocycles. The van der Waals surface area contributed by atoms with Crippen molar-refractivity contribution >= 4 is 17.5 Å². The third-order valence-corrected chi connectivity index (χ3v) is 6.80. The number of rotatable bonds is 5. The van der Waals surface area contributed by atoms with Gasteiger partial charge in [-0.3, -0.25) is 14.6 Å². The van der Waals surface area contributed by atoms with E-state index in [4.69, 9.17) is 4.42 Å². The number of anilines is 1. The second-order valence-corrected chi connectivity index (χ2v) is 9.00. The number of carbonyl (C=O) groups excluding carboxylic acids is 2. The SMILES string of the molecule is O=C(NCCc1ccccn1)C1Cc2cc(C(F)(F)F)ccc2N2CCN(C(=O)c3ccco3)CC12. The summed E-state index contributed by atoms with van der Waals surface area (Å²) in [7, 11) is 0. The van der Waals surface area contributed by atoms with Crippen molar-refractivity contribution in [3.8, 4) is 0 Å². The zero-order valence-corrected chi connectivity index (χ0v) is 19.4. The Balaban J connectivity index is 1.39. The van der Waals surface area contributed by atoms with E-state index in [1.165, 1.54) is 12.3 Å². The summed E-state index contributed by atoms with van der Waals surface area (Å²) in [4.78, 5) is 34.1. The highest BCUT2D eigenvalue weighted by atomic mass is 19.4. The van der Waals surface area contributed by atoms with Crippen LogP contribution in [0, 0.1) is 5.92 Å². The second-order valence-electron chi connectivity index (χ2n) is 9.00. The van der Waals surface area contributed by atoms with E-state index in [2.05, 4.69) is 10.3 Å². The Morgan fingerprint density at radius 2 is 1.97 bits per heavy atom. The summed E-state index contributed by atoms with van der Waals surface area (Å²) in [5, 5.41) is 2.93. The molecule has 2 amide bonds. The molecule has 2 aliphatic heterocycles. The van der Waals surface area contributed by atoms with Crippen LogP contribution in [-0.2, 0) is 23.8 Å². The number of piperazine rings is 1. The first-order valence-electron chi connectivity index (χ1n) is 11.8. The lowest BCUT2D eigenvalue weighted by atomic mass is 9.82. The highest BCUT2D eigenvalue weighted by Crippen LogP contribution is 2.40. The number of carbonyl (C=O) groups is 2. The normalized spacial score (nSPS) is 19.4. The van der Waals surface area contributed by atoms with E-state index >= 15 is 0 Å². The highest BCUT2D eigenvalue weighted by molar-refractivity contribution is 5.92. The van der Waals surface area contributed by atoms with E-state index < -0.39 is 17.7 Å². The molecule has 5 rings (SSSR count). The van der Waals surface area contributed by atoms with Crippen molar-refractivity contribution in [1.82, 2.24) is 15.2 Å². The van der Waals surface area contributed by atoms with Crippen molar-refractivity contribution in [3.05, 3.63) is 83.6 Å². The fourth-order valence-corrected chi connectivity index (χ4v) is 5.03.